The minimum atomic E-state index is -0.141. The highest BCUT2D eigenvalue weighted by atomic mass is 35.5. The molecular weight excluding hydrogens is 424 g/mol. The molecule has 0 aliphatic heterocycles. The van der Waals surface area contributed by atoms with E-state index >= 15 is 0 Å². The molecule has 0 atom stereocenters. The summed E-state index contributed by atoms with van der Waals surface area (Å²) in [6, 6.07) is 12.9. The number of aromatic nitrogens is 3. The van der Waals surface area contributed by atoms with Crippen molar-refractivity contribution in [3.05, 3.63) is 58.9 Å². The Labute approximate surface area is 184 Å². The number of nitrogens with one attached hydrogen (secondary N) is 1. The lowest BCUT2D eigenvalue weighted by molar-refractivity contribution is -0.113. The van der Waals surface area contributed by atoms with Gasteiger partial charge in [0.05, 0.1) is 12.9 Å². The van der Waals surface area contributed by atoms with Gasteiger partial charge in [-0.3, -0.25) is 4.79 Å². The molecule has 2 aromatic carbocycles. The van der Waals surface area contributed by atoms with Crippen molar-refractivity contribution in [2.75, 3.05) is 18.2 Å². The molecule has 0 aliphatic carbocycles. The fourth-order valence-corrected chi connectivity index (χ4v) is 3.73. The van der Waals surface area contributed by atoms with Crippen molar-refractivity contribution in [2.45, 2.75) is 32.2 Å². The van der Waals surface area contributed by atoms with Crippen molar-refractivity contribution in [3.8, 4) is 11.5 Å². The Balaban J connectivity index is 1.59. The molecule has 0 saturated carbocycles. The van der Waals surface area contributed by atoms with E-state index < -0.39 is 0 Å². The van der Waals surface area contributed by atoms with Crippen LogP contribution in [0.4, 0.5) is 5.69 Å². The summed E-state index contributed by atoms with van der Waals surface area (Å²) in [7, 11) is 1.60. The van der Waals surface area contributed by atoms with E-state index in [9.17, 15) is 4.79 Å². The van der Waals surface area contributed by atoms with Gasteiger partial charge in [0, 0.05) is 17.3 Å². The molecule has 0 radical (unpaired) electrons. The van der Waals surface area contributed by atoms with E-state index in [0.717, 1.165) is 5.56 Å². The van der Waals surface area contributed by atoms with Crippen LogP contribution in [0, 0.1) is 6.92 Å². The van der Waals surface area contributed by atoms with Gasteiger partial charge < -0.3 is 19.4 Å². The van der Waals surface area contributed by atoms with Crippen LogP contribution in [0.2, 0.25) is 5.02 Å². The minimum Gasteiger partial charge on any atom is -0.493 e. The quantitative estimate of drug-likeness (QED) is 0.485. The number of amides is 1. The Hall–Kier alpha value is -2.71. The van der Waals surface area contributed by atoms with Gasteiger partial charge in [0.1, 0.15) is 6.61 Å². The number of carbonyl (C=O) groups is 1. The van der Waals surface area contributed by atoms with Crippen LogP contribution in [0.1, 0.15) is 18.3 Å². The van der Waals surface area contributed by atoms with Gasteiger partial charge in [0.25, 0.3) is 0 Å². The molecule has 1 amide bonds. The van der Waals surface area contributed by atoms with Crippen molar-refractivity contribution in [3.63, 3.8) is 0 Å². The number of anilines is 1. The molecule has 9 heteroatoms. The highest BCUT2D eigenvalue weighted by Gasteiger charge is 2.15. The molecule has 0 saturated heterocycles. The van der Waals surface area contributed by atoms with Gasteiger partial charge in [-0.2, -0.15) is 0 Å². The van der Waals surface area contributed by atoms with Crippen LogP contribution >= 0.6 is 23.4 Å². The second-order valence-electron chi connectivity index (χ2n) is 6.38. The van der Waals surface area contributed by atoms with Crippen LogP contribution in [-0.4, -0.2) is 33.5 Å². The first-order valence-corrected chi connectivity index (χ1v) is 10.7. The van der Waals surface area contributed by atoms with E-state index in [-0.39, 0.29) is 18.3 Å². The number of halogens is 1. The summed E-state index contributed by atoms with van der Waals surface area (Å²) < 4.78 is 13.1. The number of carbonyl (C=O) groups excluding carboxylic acids is 1. The molecular formula is C21H23ClN4O3S. The normalized spacial score (nSPS) is 10.7. The van der Waals surface area contributed by atoms with Gasteiger partial charge in [-0.15, -0.1) is 10.2 Å². The Bertz CT molecular complexity index is 1030. The first-order chi connectivity index (χ1) is 14.5. The molecule has 0 spiro atoms. The zero-order valence-corrected chi connectivity index (χ0v) is 18.6. The van der Waals surface area contributed by atoms with Crippen LogP contribution < -0.4 is 14.8 Å². The summed E-state index contributed by atoms with van der Waals surface area (Å²) in [5, 5.41) is 12.5. The van der Waals surface area contributed by atoms with Crippen molar-refractivity contribution >= 4 is 35.0 Å². The maximum absolute atomic E-state index is 12.3. The molecule has 7 nitrogen and oxygen atoms in total. The van der Waals surface area contributed by atoms with E-state index in [1.165, 1.54) is 11.8 Å². The van der Waals surface area contributed by atoms with Crippen molar-refractivity contribution in [1.29, 1.82) is 0 Å². The topological polar surface area (TPSA) is 78.3 Å². The minimum absolute atomic E-state index is 0.141. The maximum atomic E-state index is 12.3. The van der Waals surface area contributed by atoms with Crippen LogP contribution in [0.3, 0.4) is 0 Å². The summed E-state index contributed by atoms with van der Waals surface area (Å²) in [6.07, 6.45) is 0. The molecule has 0 aliphatic rings. The van der Waals surface area contributed by atoms with Gasteiger partial charge in [0.2, 0.25) is 5.91 Å². The Kier molecular flexibility index (Phi) is 7.59. The summed E-state index contributed by atoms with van der Waals surface area (Å²) in [5.41, 5.74) is 1.63. The molecule has 1 heterocycles. The molecule has 0 fully saturated rings. The van der Waals surface area contributed by atoms with E-state index in [1.807, 2.05) is 54.8 Å². The van der Waals surface area contributed by atoms with Gasteiger partial charge >= 0.3 is 0 Å². The average Bonchev–Trinajstić information content (AvgIpc) is 3.15. The fraction of sp³-hybridized carbons (Fsp3) is 0.286. The third-order valence-electron chi connectivity index (χ3n) is 4.32. The smallest absolute Gasteiger partial charge is 0.234 e. The van der Waals surface area contributed by atoms with Crippen molar-refractivity contribution in [2.24, 2.45) is 0 Å². The number of hydrogen-bond acceptors (Lipinski definition) is 6. The Morgan fingerprint density at radius 1 is 1.20 bits per heavy atom. The van der Waals surface area contributed by atoms with Gasteiger partial charge in [-0.1, -0.05) is 41.6 Å². The molecule has 1 N–H and O–H groups in total. The lowest BCUT2D eigenvalue weighted by atomic mass is 10.2. The molecule has 3 aromatic rings. The maximum Gasteiger partial charge on any atom is 0.234 e. The predicted octanol–water partition coefficient (Wildman–Crippen LogP) is 4.58. The first kappa shape index (κ1) is 22.0. The zero-order valence-electron chi connectivity index (χ0n) is 17.0. The number of ether oxygens (including phenoxy) is 2. The summed E-state index contributed by atoms with van der Waals surface area (Å²) in [4.78, 5) is 12.3. The molecule has 30 heavy (non-hydrogen) atoms. The SMILES string of the molecule is CCn1c(COc2ccccc2OC)nnc1SCC(=O)Nc1ccc(C)c(Cl)c1. The summed E-state index contributed by atoms with van der Waals surface area (Å²) in [6.45, 7) is 4.82. The number of aryl methyl sites for hydroxylation is 1. The first-order valence-electron chi connectivity index (χ1n) is 9.38. The Morgan fingerprint density at radius 3 is 2.67 bits per heavy atom. The van der Waals surface area contributed by atoms with Crippen LogP contribution in [-0.2, 0) is 17.9 Å². The van der Waals surface area contributed by atoms with Gasteiger partial charge in [-0.05, 0) is 43.7 Å². The van der Waals surface area contributed by atoms with E-state index in [2.05, 4.69) is 15.5 Å². The number of nitrogens with zero attached hydrogens (tertiary/aromatic N) is 3. The van der Waals surface area contributed by atoms with E-state index in [0.29, 0.717) is 39.7 Å². The summed E-state index contributed by atoms with van der Waals surface area (Å²) in [5.74, 6) is 2.03. The molecule has 158 valence electrons. The van der Waals surface area contributed by atoms with Crippen molar-refractivity contribution < 1.29 is 14.3 Å². The van der Waals surface area contributed by atoms with Gasteiger partial charge in [-0.25, -0.2) is 0 Å². The molecule has 0 unspecified atom stereocenters. The average molecular weight is 447 g/mol. The lowest BCUT2D eigenvalue weighted by Gasteiger charge is -2.11. The fourth-order valence-electron chi connectivity index (χ4n) is 2.73. The highest BCUT2D eigenvalue weighted by molar-refractivity contribution is 7.99. The largest absolute Gasteiger partial charge is 0.493 e. The zero-order chi connectivity index (χ0) is 21.5. The lowest BCUT2D eigenvalue weighted by Crippen LogP contribution is -2.15. The van der Waals surface area contributed by atoms with Crippen LogP contribution in [0.5, 0.6) is 11.5 Å². The number of hydrogen-bond donors (Lipinski definition) is 1. The van der Waals surface area contributed by atoms with Gasteiger partial charge in [0.15, 0.2) is 22.5 Å². The molecule has 3 rings (SSSR count). The third kappa shape index (κ3) is 5.46. The third-order valence-corrected chi connectivity index (χ3v) is 5.70. The second kappa shape index (κ2) is 10.4. The van der Waals surface area contributed by atoms with E-state index in [1.54, 1.807) is 13.2 Å². The molecule has 1 aromatic heterocycles. The highest BCUT2D eigenvalue weighted by Crippen LogP contribution is 2.27. The number of rotatable bonds is 9. The number of methoxy groups -OCH3 is 1. The monoisotopic (exact) mass is 446 g/mol. The second-order valence-corrected chi connectivity index (χ2v) is 7.73. The Morgan fingerprint density at radius 2 is 1.97 bits per heavy atom. The standard InChI is InChI=1S/C21H23ClN4O3S/c1-4-26-19(12-29-18-8-6-5-7-17(18)28-3)24-25-21(26)30-13-20(27)23-15-10-9-14(2)16(22)11-15/h5-11H,4,12-13H2,1-3H3,(H,23,27). The number of benzene rings is 2. The van der Waals surface area contributed by atoms with Crippen LogP contribution in [0.25, 0.3) is 0 Å². The van der Waals surface area contributed by atoms with Crippen LogP contribution in [0.15, 0.2) is 47.6 Å². The molecule has 0 bridgehead atoms. The number of para-hydroxylation sites is 2. The number of thioether (sulfide) groups is 1. The van der Waals surface area contributed by atoms with E-state index in [4.69, 9.17) is 21.1 Å². The predicted molar refractivity (Wildman–Crippen MR) is 119 cm³/mol. The van der Waals surface area contributed by atoms with Crippen molar-refractivity contribution in [1.82, 2.24) is 14.8 Å². The summed E-state index contributed by atoms with van der Waals surface area (Å²) >= 11 is 7.43.